The Morgan fingerprint density at radius 2 is 2.29 bits per heavy atom. The monoisotopic (exact) mass is 255 g/mol. The summed E-state index contributed by atoms with van der Waals surface area (Å²) in [5.74, 6) is 0.0399. The number of oxime groups is 1. The van der Waals surface area contributed by atoms with Crippen molar-refractivity contribution in [3.05, 3.63) is 28.8 Å². The van der Waals surface area contributed by atoms with Crippen LogP contribution >= 0.6 is 11.6 Å². The summed E-state index contributed by atoms with van der Waals surface area (Å²) in [6.45, 7) is 1.26. The van der Waals surface area contributed by atoms with Gasteiger partial charge in [0.1, 0.15) is 0 Å². The van der Waals surface area contributed by atoms with Crippen LogP contribution in [0.5, 0.6) is 0 Å². The van der Waals surface area contributed by atoms with Gasteiger partial charge in [-0.15, -0.1) is 0 Å². The van der Waals surface area contributed by atoms with E-state index in [1.165, 1.54) is 0 Å². The molecule has 0 spiro atoms. The second-order valence-corrected chi connectivity index (χ2v) is 4.47. The largest absolute Gasteiger partial charge is 0.409 e. The van der Waals surface area contributed by atoms with Crippen LogP contribution in [-0.2, 0) is 0 Å². The van der Waals surface area contributed by atoms with Gasteiger partial charge in [-0.05, 0) is 24.6 Å². The molecule has 1 aliphatic heterocycles. The number of amidine groups is 1. The molecule has 17 heavy (non-hydrogen) atoms. The van der Waals surface area contributed by atoms with Crippen LogP contribution in [0.25, 0.3) is 0 Å². The third kappa shape index (κ3) is 2.45. The number of nitrogens with two attached hydrogens (primary N) is 1. The Hall–Kier alpha value is -1.46. The Morgan fingerprint density at radius 1 is 1.53 bits per heavy atom. The summed E-state index contributed by atoms with van der Waals surface area (Å²) < 4.78 is 0. The minimum atomic E-state index is -0.339. The van der Waals surface area contributed by atoms with E-state index in [-0.39, 0.29) is 11.9 Å². The van der Waals surface area contributed by atoms with Crippen LogP contribution in [0.15, 0.2) is 23.4 Å². The van der Waals surface area contributed by atoms with E-state index < -0.39 is 0 Å². The Morgan fingerprint density at radius 3 is 2.88 bits per heavy atom. The Balaban J connectivity index is 2.40. The van der Waals surface area contributed by atoms with Crippen LogP contribution < -0.4 is 10.6 Å². The Labute approximate surface area is 104 Å². The lowest BCUT2D eigenvalue weighted by atomic mass is 10.1. The molecule has 1 aliphatic rings. The number of β-amino-alcohol motifs (C(OH)–C–C–N with tert-alkyl or cyclic N) is 1. The first-order chi connectivity index (χ1) is 8.11. The minimum Gasteiger partial charge on any atom is -0.409 e. The normalized spacial score (nSPS) is 20.9. The number of hydrogen-bond acceptors (Lipinski definition) is 4. The van der Waals surface area contributed by atoms with Gasteiger partial charge in [-0.3, -0.25) is 0 Å². The van der Waals surface area contributed by atoms with Crippen molar-refractivity contribution in [3.8, 4) is 0 Å². The fourth-order valence-corrected chi connectivity index (χ4v) is 2.16. The van der Waals surface area contributed by atoms with E-state index >= 15 is 0 Å². The molecular formula is C11H14ClN3O2. The van der Waals surface area contributed by atoms with E-state index in [4.69, 9.17) is 22.5 Å². The predicted molar refractivity (Wildman–Crippen MR) is 66.8 cm³/mol. The smallest absolute Gasteiger partial charge is 0.172 e. The quantitative estimate of drug-likeness (QED) is 0.319. The molecule has 1 heterocycles. The van der Waals surface area contributed by atoms with Crippen molar-refractivity contribution < 1.29 is 10.3 Å². The first kappa shape index (κ1) is 12.0. The molecule has 1 fully saturated rings. The van der Waals surface area contributed by atoms with Crippen LogP contribution in [0.3, 0.4) is 0 Å². The van der Waals surface area contributed by atoms with Crippen molar-refractivity contribution in [3.63, 3.8) is 0 Å². The van der Waals surface area contributed by atoms with Gasteiger partial charge in [0.15, 0.2) is 5.84 Å². The summed E-state index contributed by atoms with van der Waals surface area (Å²) >= 11 is 5.95. The molecule has 0 bridgehead atoms. The van der Waals surface area contributed by atoms with Crippen molar-refractivity contribution >= 4 is 23.1 Å². The van der Waals surface area contributed by atoms with Crippen molar-refractivity contribution in [2.24, 2.45) is 10.9 Å². The predicted octanol–water partition coefficient (Wildman–Crippen LogP) is 1.01. The van der Waals surface area contributed by atoms with Crippen LogP contribution in [0.1, 0.15) is 12.0 Å². The van der Waals surface area contributed by atoms with E-state index in [9.17, 15) is 5.11 Å². The van der Waals surface area contributed by atoms with Gasteiger partial charge in [-0.2, -0.15) is 0 Å². The van der Waals surface area contributed by atoms with E-state index in [1.807, 2.05) is 4.90 Å². The highest BCUT2D eigenvalue weighted by Crippen LogP contribution is 2.27. The topological polar surface area (TPSA) is 82.1 Å². The maximum atomic E-state index is 9.53. The van der Waals surface area contributed by atoms with Gasteiger partial charge in [0.25, 0.3) is 0 Å². The first-order valence-corrected chi connectivity index (χ1v) is 5.70. The maximum absolute atomic E-state index is 9.53. The van der Waals surface area contributed by atoms with Gasteiger partial charge in [-0.25, -0.2) is 0 Å². The lowest BCUT2D eigenvalue weighted by Crippen LogP contribution is -2.25. The average Bonchev–Trinajstić information content (AvgIpc) is 2.75. The highest BCUT2D eigenvalue weighted by molar-refractivity contribution is 6.31. The van der Waals surface area contributed by atoms with Crippen molar-refractivity contribution in [1.82, 2.24) is 0 Å². The molecule has 0 amide bonds. The molecule has 0 radical (unpaired) electrons. The molecule has 0 aromatic heterocycles. The van der Waals surface area contributed by atoms with Gasteiger partial charge in [0.2, 0.25) is 0 Å². The van der Waals surface area contributed by atoms with Crippen molar-refractivity contribution in [2.75, 3.05) is 18.0 Å². The minimum absolute atomic E-state index is 0.0399. The summed E-state index contributed by atoms with van der Waals surface area (Å²) in [5, 5.41) is 21.9. The van der Waals surface area contributed by atoms with Gasteiger partial charge < -0.3 is 20.9 Å². The molecule has 1 aromatic rings. The molecule has 0 saturated carbocycles. The van der Waals surface area contributed by atoms with Crippen LogP contribution in [-0.4, -0.2) is 35.3 Å². The molecule has 6 heteroatoms. The second kappa shape index (κ2) is 4.81. The molecule has 1 saturated heterocycles. The summed E-state index contributed by atoms with van der Waals surface area (Å²) in [5.41, 5.74) is 7.01. The second-order valence-electron chi connectivity index (χ2n) is 4.04. The number of rotatable bonds is 2. The number of aliphatic hydroxyl groups excluding tert-OH is 1. The van der Waals surface area contributed by atoms with E-state index in [1.54, 1.807) is 18.2 Å². The zero-order valence-electron chi connectivity index (χ0n) is 9.17. The molecule has 5 nitrogen and oxygen atoms in total. The summed E-state index contributed by atoms with van der Waals surface area (Å²) in [7, 11) is 0. The first-order valence-electron chi connectivity index (χ1n) is 5.32. The molecule has 1 aromatic carbocycles. The highest BCUT2D eigenvalue weighted by atomic mass is 35.5. The summed E-state index contributed by atoms with van der Waals surface area (Å²) in [4.78, 5) is 1.98. The van der Waals surface area contributed by atoms with Gasteiger partial charge in [-0.1, -0.05) is 16.8 Å². The van der Waals surface area contributed by atoms with E-state index in [2.05, 4.69) is 5.16 Å². The number of anilines is 1. The molecule has 0 aliphatic carbocycles. The molecule has 4 N–H and O–H groups in total. The number of aliphatic hydroxyl groups is 1. The van der Waals surface area contributed by atoms with Crippen LogP contribution in [0, 0.1) is 0 Å². The van der Waals surface area contributed by atoms with Crippen LogP contribution in [0.2, 0.25) is 5.02 Å². The van der Waals surface area contributed by atoms with E-state index in [0.717, 1.165) is 12.2 Å². The third-order valence-electron chi connectivity index (χ3n) is 2.85. The zero-order chi connectivity index (χ0) is 12.4. The summed E-state index contributed by atoms with van der Waals surface area (Å²) in [6, 6.07) is 5.15. The van der Waals surface area contributed by atoms with Crippen molar-refractivity contribution in [2.45, 2.75) is 12.5 Å². The molecular weight excluding hydrogens is 242 g/mol. The SMILES string of the molecule is NC(=NO)c1ccc(Cl)cc1N1CCC(O)C1. The number of nitrogens with zero attached hydrogens (tertiary/aromatic N) is 2. The van der Waals surface area contributed by atoms with Gasteiger partial charge in [0, 0.05) is 29.4 Å². The molecule has 2 rings (SSSR count). The van der Waals surface area contributed by atoms with Crippen LogP contribution in [0.4, 0.5) is 5.69 Å². The molecule has 1 atom stereocenters. The average molecular weight is 256 g/mol. The third-order valence-corrected chi connectivity index (χ3v) is 3.08. The molecule has 1 unspecified atom stereocenters. The zero-order valence-corrected chi connectivity index (χ0v) is 9.93. The van der Waals surface area contributed by atoms with Crippen molar-refractivity contribution in [1.29, 1.82) is 0 Å². The Kier molecular flexibility index (Phi) is 3.40. The van der Waals surface area contributed by atoms with Gasteiger partial charge in [0.05, 0.1) is 6.10 Å². The maximum Gasteiger partial charge on any atom is 0.172 e. The fourth-order valence-electron chi connectivity index (χ4n) is 2.00. The number of halogens is 1. The lowest BCUT2D eigenvalue weighted by Gasteiger charge is -2.21. The fraction of sp³-hybridized carbons (Fsp3) is 0.364. The number of hydrogen-bond donors (Lipinski definition) is 3. The highest BCUT2D eigenvalue weighted by Gasteiger charge is 2.23. The standard InChI is InChI=1S/C11H14ClN3O2/c12-7-1-2-9(11(13)14-17)10(5-7)15-4-3-8(16)6-15/h1-2,5,8,16-17H,3-4,6H2,(H2,13,14). The van der Waals surface area contributed by atoms with E-state index in [0.29, 0.717) is 23.6 Å². The summed E-state index contributed by atoms with van der Waals surface area (Å²) in [6.07, 6.45) is 0.372. The number of benzene rings is 1. The van der Waals surface area contributed by atoms with Gasteiger partial charge >= 0.3 is 0 Å². The lowest BCUT2D eigenvalue weighted by molar-refractivity contribution is 0.198. The molecule has 92 valence electrons. The Bertz CT molecular complexity index is 450.